The molecule has 4 N–H and O–H groups in total. The van der Waals surface area contributed by atoms with Gasteiger partial charge in [0.2, 0.25) is 0 Å². The van der Waals surface area contributed by atoms with E-state index in [1.165, 1.54) is 47.6 Å². The summed E-state index contributed by atoms with van der Waals surface area (Å²) in [5.74, 6) is -0.350. The Bertz CT molecular complexity index is 1510. The van der Waals surface area contributed by atoms with Gasteiger partial charge in [-0.1, -0.05) is 18.2 Å². The van der Waals surface area contributed by atoms with Gasteiger partial charge in [-0.3, -0.25) is 4.79 Å². The van der Waals surface area contributed by atoms with Gasteiger partial charge in [0.1, 0.15) is 28.5 Å². The third kappa shape index (κ3) is 2.86. The molecule has 0 fully saturated rings. The van der Waals surface area contributed by atoms with Crippen LogP contribution in [-0.4, -0.2) is 37.6 Å². The van der Waals surface area contributed by atoms with Crippen LogP contribution in [0.25, 0.3) is 0 Å². The van der Waals surface area contributed by atoms with Crippen LogP contribution in [0.2, 0.25) is 0 Å². The summed E-state index contributed by atoms with van der Waals surface area (Å²) in [6.07, 6.45) is 1.42. The first kappa shape index (κ1) is 20.6. The molecule has 4 aromatic rings. The van der Waals surface area contributed by atoms with Crippen molar-refractivity contribution in [2.24, 2.45) is 5.10 Å². The van der Waals surface area contributed by atoms with Crippen LogP contribution >= 0.6 is 0 Å². The molecule has 0 aliphatic carbocycles. The lowest BCUT2D eigenvalue weighted by Gasteiger charge is -2.41. The molecule has 4 aromatic carbocycles. The highest BCUT2D eigenvalue weighted by Crippen LogP contribution is 2.58. The van der Waals surface area contributed by atoms with Crippen molar-refractivity contribution < 1.29 is 30.0 Å². The lowest BCUT2D eigenvalue weighted by Crippen LogP contribution is -2.44. The van der Waals surface area contributed by atoms with Gasteiger partial charge < -0.3 is 25.2 Å². The van der Waals surface area contributed by atoms with Crippen molar-refractivity contribution in [3.05, 3.63) is 107 Å². The zero-order valence-corrected chi connectivity index (χ0v) is 18.1. The predicted molar refractivity (Wildman–Crippen MR) is 126 cm³/mol. The van der Waals surface area contributed by atoms with Gasteiger partial charge >= 0.3 is 0 Å². The number of hydrogen-bond acceptors (Lipinski definition) is 7. The largest absolute Gasteiger partial charge is 0.508 e. The number of phenolic OH excluding ortho intramolecular Hbond substituents is 4. The third-order valence-electron chi connectivity index (χ3n) is 6.31. The second-order valence-electron chi connectivity index (χ2n) is 8.33. The first-order valence-electron chi connectivity index (χ1n) is 10.7. The minimum Gasteiger partial charge on any atom is -0.508 e. The minimum absolute atomic E-state index is 0.0188. The molecule has 0 bridgehead atoms. The van der Waals surface area contributed by atoms with Crippen molar-refractivity contribution >= 4 is 12.1 Å². The van der Waals surface area contributed by atoms with Crippen molar-refractivity contribution in [2.45, 2.75) is 5.54 Å². The Balaban J connectivity index is 1.65. The molecule has 0 unspecified atom stereocenters. The lowest BCUT2D eigenvalue weighted by molar-refractivity contribution is 0.0675. The summed E-state index contributed by atoms with van der Waals surface area (Å²) >= 11 is 0. The smallest absolute Gasteiger partial charge is 0.275 e. The van der Waals surface area contributed by atoms with E-state index in [0.29, 0.717) is 39.3 Å². The number of carbonyl (C=O) groups excluding carboxylic acids is 1. The van der Waals surface area contributed by atoms with Gasteiger partial charge in [-0.2, -0.15) is 5.10 Å². The Kier molecular flexibility index (Phi) is 4.28. The van der Waals surface area contributed by atoms with Crippen LogP contribution in [0.4, 0.5) is 0 Å². The lowest BCUT2D eigenvalue weighted by atomic mass is 9.75. The van der Waals surface area contributed by atoms with Crippen LogP contribution in [0, 0.1) is 0 Å². The monoisotopic (exact) mass is 466 g/mol. The molecule has 0 atom stereocenters. The number of hydrogen-bond donors (Lipinski definition) is 4. The molecular weight excluding hydrogens is 448 g/mol. The van der Waals surface area contributed by atoms with Crippen molar-refractivity contribution in [1.82, 2.24) is 5.01 Å². The minimum atomic E-state index is -1.26. The van der Waals surface area contributed by atoms with Crippen molar-refractivity contribution in [2.75, 3.05) is 0 Å². The molecule has 0 saturated carbocycles. The third-order valence-corrected chi connectivity index (χ3v) is 6.31. The zero-order chi connectivity index (χ0) is 24.3. The molecule has 2 heterocycles. The first-order chi connectivity index (χ1) is 16.9. The number of ether oxygens (including phenoxy) is 1. The maximum atomic E-state index is 13.7. The van der Waals surface area contributed by atoms with Crippen LogP contribution in [0.3, 0.4) is 0 Å². The fourth-order valence-corrected chi connectivity index (χ4v) is 4.82. The number of benzene rings is 4. The van der Waals surface area contributed by atoms with Crippen LogP contribution in [0.1, 0.15) is 32.6 Å². The second-order valence-corrected chi connectivity index (χ2v) is 8.33. The summed E-state index contributed by atoms with van der Waals surface area (Å²) in [4.78, 5) is 13.7. The average Bonchev–Trinajstić information content (AvgIpc) is 3.08. The fourth-order valence-electron chi connectivity index (χ4n) is 4.82. The van der Waals surface area contributed by atoms with Crippen LogP contribution in [-0.2, 0) is 5.54 Å². The van der Waals surface area contributed by atoms with Gasteiger partial charge in [0, 0.05) is 34.4 Å². The number of amides is 1. The van der Waals surface area contributed by atoms with E-state index in [4.69, 9.17) is 4.74 Å². The van der Waals surface area contributed by atoms with Crippen LogP contribution in [0.15, 0.2) is 84.0 Å². The molecule has 0 radical (unpaired) electrons. The molecule has 0 aromatic heterocycles. The Morgan fingerprint density at radius 3 is 2.06 bits per heavy atom. The molecule has 2 aliphatic heterocycles. The van der Waals surface area contributed by atoms with E-state index in [9.17, 15) is 25.2 Å². The highest BCUT2D eigenvalue weighted by atomic mass is 16.5. The maximum absolute atomic E-state index is 13.7. The van der Waals surface area contributed by atoms with E-state index in [1.807, 2.05) is 12.1 Å². The van der Waals surface area contributed by atoms with Gasteiger partial charge in [0.05, 0.1) is 6.21 Å². The second kappa shape index (κ2) is 7.26. The number of nitrogens with zero attached hydrogens (tertiary/aromatic N) is 2. The molecular formula is C27H18N2O6. The molecule has 172 valence electrons. The Labute approximate surface area is 199 Å². The van der Waals surface area contributed by atoms with Gasteiger partial charge in [-0.05, 0) is 54.1 Å². The van der Waals surface area contributed by atoms with Crippen molar-refractivity contribution in [3.8, 4) is 34.5 Å². The van der Waals surface area contributed by atoms with Gasteiger partial charge in [0.25, 0.3) is 5.91 Å². The quantitative estimate of drug-likeness (QED) is 0.257. The molecule has 1 spiro atoms. The Morgan fingerprint density at radius 1 is 0.743 bits per heavy atom. The average molecular weight is 466 g/mol. The first-order valence-corrected chi connectivity index (χ1v) is 10.7. The number of carbonyl (C=O) groups is 1. The van der Waals surface area contributed by atoms with E-state index in [-0.39, 0.29) is 28.9 Å². The summed E-state index contributed by atoms with van der Waals surface area (Å²) in [6.45, 7) is 0. The maximum Gasteiger partial charge on any atom is 0.275 e. The molecule has 35 heavy (non-hydrogen) atoms. The number of phenols is 4. The highest BCUT2D eigenvalue weighted by molar-refractivity contribution is 6.02. The summed E-state index contributed by atoms with van der Waals surface area (Å²) in [6, 6.07) is 20.7. The molecule has 6 rings (SSSR count). The summed E-state index contributed by atoms with van der Waals surface area (Å²) < 4.78 is 6.05. The Hall–Kier alpha value is -4.98. The van der Waals surface area contributed by atoms with Crippen LogP contribution in [0.5, 0.6) is 34.5 Å². The fraction of sp³-hybridized carbons (Fsp3) is 0.0370. The van der Waals surface area contributed by atoms with Gasteiger partial charge in [-0.25, -0.2) is 5.01 Å². The van der Waals surface area contributed by atoms with E-state index in [2.05, 4.69) is 5.10 Å². The molecule has 2 aliphatic rings. The highest BCUT2D eigenvalue weighted by Gasteiger charge is 2.57. The molecule has 8 heteroatoms. The zero-order valence-electron chi connectivity index (χ0n) is 18.1. The summed E-state index contributed by atoms with van der Waals surface area (Å²) in [7, 11) is 0. The van der Waals surface area contributed by atoms with Gasteiger partial charge in [0.15, 0.2) is 11.5 Å². The topological polar surface area (TPSA) is 123 Å². The number of hydrazone groups is 1. The molecule has 1 amide bonds. The van der Waals surface area contributed by atoms with E-state index in [1.54, 1.807) is 30.3 Å². The van der Waals surface area contributed by atoms with Gasteiger partial charge in [-0.15, -0.1) is 0 Å². The van der Waals surface area contributed by atoms with E-state index in [0.717, 1.165) is 0 Å². The standard InChI is InChI=1S/C27H18N2O6/c30-16-6-8-20-24(12-16)35-25-13-17(31)7-9-21(25)27(20)19-4-2-1-3-18(19)26(34)29(27)28-14-15-5-10-22(32)23(33)11-15/h1-14,30-33H/b28-14+. The van der Waals surface area contributed by atoms with Crippen molar-refractivity contribution in [1.29, 1.82) is 0 Å². The molecule has 0 saturated heterocycles. The number of rotatable bonds is 2. The predicted octanol–water partition coefficient (Wildman–Crippen LogP) is 4.40. The SMILES string of the molecule is O=C1c2ccccc2C2(c3ccc(O)cc3Oc3cc(O)ccc32)N1/N=C/c1ccc(O)c(O)c1. The number of fused-ring (bicyclic) bond motifs is 6. The summed E-state index contributed by atoms with van der Waals surface area (Å²) in [5, 5.41) is 45.7. The van der Waals surface area contributed by atoms with Crippen molar-refractivity contribution in [3.63, 3.8) is 0 Å². The molecule has 8 nitrogen and oxygen atoms in total. The van der Waals surface area contributed by atoms with E-state index >= 15 is 0 Å². The van der Waals surface area contributed by atoms with E-state index < -0.39 is 5.54 Å². The normalized spacial score (nSPS) is 15.1. The summed E-state index contributed by atoms with van der Waals surface area (Å²) in [5.41, 5.74) is 1.47. The Morgan fingerprint density at radius 2 is 1.40 bits per heavy atom. The van der Waals surface area contributed by atoms with Crippen LogP contribution < -0.4 is 4.74 Å². The number of aromatic hydroxyl groups is 4.